The Morgan fingerprint density at radius 2 is 1.37 bits per heavy atom. The van der Waals surface area contributed by atoms with Crippen LogP contribution in [-0.4, -0.2) is 166 Å². The number of carbonyl (C=O) groups excluding carboxylic acids is 4. The van der Waals surface area contributed by atoms with Gasteiger partial charge in [-0.05, 0) is 149 Å². The van der Waals surface area contributed by atoms with Crippen molar-refractivity contribution in [2.45, 2.75) is 107 Å². The van der Waals surface area contributed by atoms with E-state index in [-0.39, 0.29) is 55.7 Å². The Hall–Kier alpha value is -6.16. The lowest BCUT2D eigenvalue weighted by molar-refractivity contribution is -0.143. The van der Waals surface area contributed by atoms with E-state index in [2.05, 4.69) is 27.2 Å². The van der Waals surface area contributed by atoms with Gasteiger partial charge in [0.15, 0.2) is 0 Å². The van der Waals surface area contributed by atoms with Gasteiger partial charge < -0.3 is 44.2 Å². The number of hydrogen-bond donors (Lipinski definition) is 1. The smallest absolute Gasteiger partial charge is 0.385 e. The van der Waals surface area contributed by atoms with Gasteiger partial charge in [-0.1, -0.05) is 49.2 Å². The van der Waals surface area contributed by atoms with E-state index in [9.17, 15) is 49.9 Å². The monoisotopic (exact) mass is 1150 g/mol. The molecule has 4 aromatic rings. The minimum absolute atomic E-state index is 0.0335. The molecule has 8 rings (SSSR count). The standard InChI is InChI=1S/C61H75F8N7O6/c1-71(26-12-27-73(3)57(80)50-21-20-49(39-52(50)63)70-25-9-4-6-15-54(77)72(2)33-34-74-28-10-5-11-29-74)55(78)40-81-53-37-43-13-7-8-14-51(43)58(53)22-30-75(31-23-58)32-24-59(45-16-18-48(62)19-17-45)41-76(42-82-59)56(79)44-35-46(60(64,65)66)38-47(36-44)61(67,68)69/h7-8,13-14,16-21,35-36,38-39,53,70H,4-6,9-12,15,22-34,37,40-42H2,1-3H3/t53-,59-/m0/s1. The summed E-state index contributed by atoms with van der Waals surface area (Å²) in [5, 5.41) is 3.22. The van der Waals surface area contributed by atoms with Crippen molar-refractivity contribution in [3.8, 4) is 0 Å². The Morgan fingerprint density at radius 3 is 2.05 bits per heavy atom. The van der Waals surface area contributed by atoms with Crippen molar-refractivity contribution in [1.29, 1.82) is 0 Å². The molecule has 3 heterocycles. The van der Waals surface area contributed by atoms with Crippen LogP contribution in [0.2, 0.25) is 0 Å². The lowest BCUT2D eigenvalue weighted by atomic mass is 9.72. The average molecular weight is 1150 g/mol. The molecule has 4 aromatic carbocycles. The number of likely N-dealkylation sites (N-methyl/N-ethyl adjacent to an activating group) is 2. The summed E-state index contributed by atoms with van der Waals surface area (Å²) in [7, 11) is 5.13. The molecular formula is C61H75F8N7O6. The van der Waals surface area contributed by atoms with Gasteiger partial charge in [0.25, 0.3) is 11.8 Å². The topological polar surface area (TPSA) is 118 Å². The van der Waals surface area contributed by atoms with Crippen LogP contribution in [0.4, 0.5) is 40.8 Å². The van der Waals surface area contributed by atoms with Gasteiger partial charge in [-0.2, -0.15) is 26.3 Å². The summed E-state index contributed by atoms with van der Waals surface area (Å²) in [6.07, 6.45) is -1.37. The number of likely N-dealkylation sites (tertiary alicyclic amines) is 2. The van der Waals surface area contributed by atoms with Gasteiger partial charge in [0.2, 0.25) is 11.8 Å². The van der Waals surface area contributed by atoms with E-state index in [1.54, 1.807) is 25.1 Å². The molecule has 2 atom stereocenters. The van der Waals surface area contributed by atoms with Crippen LogP contribution < -0.4 is 5.32 Å². The number of piperidine rings is 2. The van der Waals surface area contributed by atoms with E-state index in [1.807, 2.05) is 24.1 Å². The second-order valence-corrected chi connectivity index (χ2v) is 22.5. The third kappa shape index (κ3) is 15.3. The summed E-state index contributed by atoms with van der Waals surface area (Å²) in [6, 6.07) is 18.7. The summed E-state index contributed by atoms with van der Waals surface area (Å²) in [6.45, 7) is 5.82. The van der Waals surface area contributed by atoms with E-state index in [0.717, 1.165) is 61.5 Å². The Balaban J connectivity index is 0.784. The molecule has 0 aromatic heterocycles. The highest BCUT2D eigenvalue weighted by molar-refractivity contribution is 5.95. The van der Waals surface area contributed by atoms with Crippen molar-refractivity contribution in [3.05, 3.63) is 136 Å². The van der Waals surface area contributed by atoms with Crippen LogP contribution in [0.1, 0.15) is 119 Å². The normalized spacial score (nSPS) is 19.3. The maximum absolute atomic E-state index is 15.3. The van der Waals surface area contributed by atoms with Crippen molar-refractivity contribution in [1.82, 2.24) is 29.4 Å². The van der Waals surface area contributed by atoms with Crippen LogP contribution in [0.3, 0.4) is 0 Å². The molecule has 1 spiro atoms. The highest BCUT2D eigenvalue weighted by Gasteiger charge is 2.50. The lowest BCUT2D eigenvalue weighted by Gasteiger charge is -2.44. The second-order valence-electron chi connectivity index (χ2n) is 22.5. The first-order valence-electron chi connectivity index (χ1n) is 28.5. The summed E-state index contributed by atoms with van der Waals surface area (Å²) >= 11 is 0. The molecule has 4 aliphatic rings. The number of halogens is 8. The first kappa shape index (κ1) is 61.9. The average Bonchev–Trinajstić information content (AvgIpc) is 3.86. The molecule has 13 nitrogen and oxygen atoms in total. The van der Waals surface area contributed by atoms with Gasteiger partial charge >= 0.3 is 12.4 Å². The van der Waals surface area contributed by atoms with E-state index < -0.39 is 70.2 Å². The summed E-state index contributed by atoms with van der Waals surface area (Å²) in [5.74, 6) is -2.82. The molecule has 82 heavy (non-hydrogen) atoms. The largest absolute Gasteiger partial charge is 0.416 e. The van der Waals surface area contributed by atoms with Crippen LogP contribution in [0.5, 0.6) is 0 Å². The fraction of sp³-hybridized carbons (Fsp3) is 0.541. The number of nitrogens with zero attached hydrogens (tertiary/aromatic N) is 6. The molecule has 21 heteroatoms. The van der Waals surface area contributed by atoms with Crippen molar-refractivity contribution in [2.24, 2.45) is 0 Å². The van der Waals surface area contributed by atoms with Gasteiger partial charge in [0, 0.05) is 83.5 Å². The van der Waals surface area contributed by atoms with Crippen molar-refractivity contribution < 1.29 is 63.8 Å². The van der Waals surface area contributed by atoms with Crippen molar-refractivity contribution in [2.75, 3.05) is 112 Å². The Bertz CT molecular complexity index is 2810. The number of fused-ring (bicyclic) bond motifs is 2. The van der Waals surface area contributed by atoms with Gasteiger partial charge in [-0.3, -0.25) is 19.2 Å². The quantitative estimate of drug-likeness (QED) is 0.0572. The molecule has 3 saturated heterocycles. The zero-order valence-electron chi connectivity index (χ0n) is 47.0. The van der Waals surface area contributed by atoms with Crippen LogP contribution in [0.15, 0.2) is 84.9 Å². The molecule has 0 saturated carbocycles. The lowest BCUT2D eigenvalue weighted by Crippen LogP contribution is -2.50. The fourth-order valence-electron chi connectivity index (χ4n) is 12.0. The predicted molar refractivity (Wildman–Crippen MR) is 294 cm³/mol. The number of ether oxygens (including phenoxy) is 2. The van der Waals surface area contributed by atoms with Gasteiger partial charge in [-0.25, -0.2) is 8.78 Å². The maximum Gasteiger partial charge on any atom is 0.416 e. The zero-order valence-corrected chi connectivity index (χ0v) is 47.0. The number of nitrogens with one attached hydrogen (secondary N) is 1. The molecule has 3 fully saturated rings. The minimum Gasteiger partial charge on any atom is -0.385 e. The molecule has 0 radical (unpaired) electrons. The molecule has 3 aliphatic heterocycles. The Labute approximate surface area is 474 Å². The van der Waals surface area contributed by atoms with Gasteiger partial charge in [0.1, 0.15) is 30.6 Å². The van der Waals surface area contributed by atoms with E-state index in [0.29, 0.717) is 88.2 Å². The number of amides is 4. The van der Waals surface area contributed by atoms with Crippen LogP contribution >= 0.6 is 0 Å². The van der Waals surface area contributed by atoms with Crippen LogP contribution in [-0.2, 0) is 48.9 Å². The van der Waals surface area contributed by atoms with E-state index in [4.69, 9.17) is 9.47 Å². The Kier molecular flexibility index (Phi) is 20.4. The maximum atomic E-state index is 15.3. The van der Waals surface area contributed by atoms with Crippen molar-refractivity contribution in [3.63, 3.8) is 0 Å². The fourth-order valence-corrected chi connectivity index (χ4v) is 12.0. The third-order valence-corrected chi connectivity index (χ3v) is 17.0. The predicted octanol–water partition coefficient (Wildman–Crippen LogP) is 10.2. The number of unbranched alkanes of at least 4 members (excludes halogenated alkanes) is 2. The molecule has 1 aliphatic carbocycles. The van der Waals surface area contributed by atoms with Gasteiger partial charge in [-0.15, -0.1) is 0 Å². The van der Waals surface area contributed by atoms with Gasteiger partial charge in [0.05, 0.1) is 29.3 Å². The highest BCUT2D eigenvalue weighted by atomic mass is 19.4. The molecule has 4 amide bonds. The number of alkyl halides is 6. The van der Waals surface area contributed by atoms with E-state index in [1.165, 1.54) is 60.6 Å². The van der Waals surface area contributed by atoms with E-state index >= 15 is 4.39 Å². The Morgan fingerprint density at radius 1 is 0.707 bits per heavy atom. The van der Waals surface area contributed by atoms with Crippen LogP contribution in [0, 0.1) is 11.6 Å². The second kappa shape index (κ2) is 27.0. The number of carbonyl (C=O) groups is 4. The SMILES string of the molecule is CN(CCN1CCCCC1)C(=O)CCCCCNc1ccc(C(=O)N(C)CCCN(C)C(=O)CO[C@H]2Cc3ccccc3C23CCN(CC[C@@]2(c4ccc(F)cc4)CN(C(=O)c4cc(C(F)(F)F)cc(C(F)(F)F)c4)CO2)CC3)c(F)c1. The first-order chi connectivity index (χ1) is 39.0. The number of benzene rings is 4. The highest BCUT2D eigenvalue weighted by Crippen LogP contribution is 2.48. The summed E-state index contributed by atoms with van der Waals surface area (Å²) < 4.78 is 125. The minimum atomic E-state index is -5.15. The molecule has 446 valence electrons. The van der Waals surface area contributed by atoms with Crippen LogP contribution in [0.25, 0.3) is 0 Å². The molecular weight excluding hydrogens is 1080 g/mol. The first-order valence-corrected chi connectivity index (χ1v) is 28.5. The molecule has 0 unspecified atom stereocenters. The number of anilines is 1. The number of rotatable bonds is 23. The number of hydrogen-bond acceptors (Lipinski definition) is 9. The molecule has 1 N–H and O–H groups in total. The zero-order chi connectivity index (χ0) is 58.8. The third-order valence-electron chi connectivity index (χ3n) is 17.0. The summed E-state index contributed by atoms with van der Waals surface area (Å²) in [5.41, 5.74) is -2.45. The molecule has 0 bridgehead atoms. The van der Waals surface area contributed by atoms with Crippen molar-refractivity contribution >= 4 is 29.3 Å². The summed E-state index contributed by atoms with van der Waals surface area (Å²) in [4.78, 5) is 63.7.